The number of nitrogens with zero attached hydrogens (tertiary/aromatic N) is 2. The number of amides is 1. The maximum absolute atomic E-state index is 13.4. The molecule has 1 N–H and O–H groups in total. The number of carbonyl (C=O) groups excluding carboxylic acids is 1. The fraction of sp³-hybridized carbons (Fsp3) is 0.500. The van der Waals surface area contributed by atoms with Crippen molar-refractivity contribution in [3.05, 3.63) is 41.2 Å². The molecule has 0 radical (unpaired) electrons. The number of thiazole rings is 1. The second kappa shape index (κ2) is 7.84. The zero-order valence-corrected chi connectivity index (χ0v) is 15.6. The van der Waals surface area contributed by atoms with Gasteiger partial charge in [-0.3, -0.25) is 4.79 Å². The Balaban J connectivity index is 1.28. The quantitative estimate of drug-likeness (QED) is 0.843. The van der Waals surface area contributed by atoms with Crippen LogP contribution in [0.3, 0.4) is 0 Å². The van der Waals surface area contributed by atoms with Gasteiger partial charge in [0.15, 0.2) is 0 Å². The van der Waals surface area contributed by atoms with Gasteiger partial charge in [-0.15, -0.1) is 11.3 Å². The van der Waals surface area contributed by atoms with E-state index in [-0.39, 0.29) is 11.7 Å². The molecule has 4 nitrogen and oxygen atoms in total. The summed E-state index contributed by atoms with van der Waals surface area (Å²) in [5.41, 5.74) is 1.53. The number of hydrogen-bond acceptors (Lipinski definition) is 4. The number of carbonyl (C=O) groups is 1. The molecule has 1 aromatic carbocycles. The number of likely N-dealkylation sites (tertiary alicyclic amines) is 1. The van der Waals surface area contributed by atoms with Gasteiger partial charge in [-0.25, -0.2) is 9.37 Å². The van der Waals surface area contributed by atoms with Gasteiger partial charge in [0.05, 0.1) is 12.1 Å². The predicted molar refractivity (Wildman–Crippen MR) is 102 cm³/mol. The lowest BCUT2D eigenvalue weighted by Gasteiger charge is -2.32. The normalized spacial score (nSPS) is 18.3. The molecule has 1 aliphatic heterocycles. The zero-order valence-electron chi connectivity index (χ0n) is 14.8. The van der Waals surface area contributed by atoms with Crippen LogP contribution < -0.4 is 5.32 Å². The summed E-state index contributed by atoms with van der Waals surface area (Å²) >= 11 is 1.46. The van der Waals surface area contributed by atoms with Crippen LogP contribution in [-0.4, -0.2) is 41.5 Å². The van der Waals surface area contributed by atoms with E-state index in [0.717, 1.165) is 54.7 Å². The molecule has 1 saturated heterocycles. The fourth-order valence-electron chi connectivity index (χ4n) is 3.40. The van der Waals surface area contributed by atoms with Crippen molar-refractivity contribution in [3.8, 4) is 10.6 Å². The van der Waals surface area contributed by atoms with Gasteiger partial charge in [0.2, 0.25) is 5.91 Å². The van der Waals surface area contributed by atoms with Gasteiger partial charge in [-0.2, -0.15) is 0 Å². The fourth-order valence-corrected chi connectivity index (χ4v) is 4.21. The van der Waals surface area contributed by atoms with Crippen LogP contribution in [0.4, 0.5) is 4.39 Å². The van der Waals surface area contributed by atoms with E-state index in [0.29, 0.717) is 12.5 Å². The second-order valence-corrected chi connectivity index (χ2v) is 8.20. The Bertz CT molecular complexity index is 766. The molecule has 6 heteroatoms. The lowest BCUT2D eigenvalue weighted by atomic mass is 10.0. The number of rotatable bonds is 6. The van der Waals surface area contributed by atoms with Crippen LogP contribution in [0.2, 0.25) is 0 Å². The second-order valence-electron chi connectivity index (χ2n) is 7.34. The summed E-state index contributed by atoms with van der Waals surface area (Å²) in [5.74, 6) is 0.766. The number of benzene rings is 1. The van der Waals surface area contributed by atoms with Crippen LogP contribution in [0.25, 0.3) is 10.6 Å². The van der Waals surface area contributed by atoms with Crippen molar-refractivity contribution in [2.75, 3.05) is 19.6 Å². The number of nitrogens with one attached hydrogen (secondary N) is 1. The van der Waals surface area contributed by atoms with Gasteiger partial charge in [0.1, 0.15) is 10.8 Å². The minimum absolute atomic E-state index is 0.140. The molecule has 1 saturated carbocycles. The van der Waals surface area contributed by atoms with Crippen molar-refractivity contribution in [1.29, 1.82) is 0 Å². The lowest BCUT2D eigenvalue weighted by Crippen LogP contribution is -2.45. The number of hydrogen-bond donors (Lipinski definition) is 1. The highest BCUT2D eigenvalue weighted by Crippen LogP contribution is 2.28. The number of halogens is 1. The summed E-state index contributed by atoms with van der Waals surface area (Å²) in [6.45, 7) is 2.78. The van der Waals surface area contributed by atoms with Gasteiger partial charge in [0.25, 0.3) is 0 Å². The minimum atomic E-state index is -0.270. The molecule has 0 bridgehead atoms. The first kappa shape index (κ1) is 17.6. The molecule has 2 heterocycles. The highest BCUT2D eigenvalue weighted by molar-refractivity contribution is 7.13. The van der Waals surface area contributed by atoms with E-state index in [1.165, 1.54) is 36.3 Å². The average Bonchev–Trinajstić information content (AvgIpc) is 3.37. The van der Waals surface area contributed by atoms with E-state index >= 15 is 0 Å². The van der Waals surface area contributed by atoms with E-state index in [9.17, 15) is 9.18 Å². The molecule has 0 atom stereocenters. The molecule has 1 aromatic heterocycles. The van der Waals surface area contributed by atoms with Crippen LogP contribution in [0.1, 0.15) is 31.4 Å². The molecular formula is C20H24FN3OS. The first-order chi connectivity index (χ1) is 12.7. The third-order valence-electron chi connectivity index (χ3n) is 5.20. The third kappa shape index (κ3) is 4.48. The van der Waals surface area contributed by atoms with E-state index in [1.807, 2.05) is 16.3 Å². The highest BCUT2D eigenvalue weighted by Gasteiger charge is 2.26. The van der Waals surface area contributed by atoms with Gasteiger partial charge in [-0.05, 0) is 50.3 Å². The standard InChI is InChI=1S/C20H24FN3OS/c21-16-3-1-2-15(10-16)20-23-18(13-26-20)11-19(25)24-8-6-17(7-9-24)22-12-14-4-5-14/h1-3,10,13-14,17,22H,4-9,11-12H2. The molecular weight excluding hydrogens is 349 g/mol. The molecule has 2 aliphatic rings. The number of aromatic nitrogens is 1. The van der Waals surface area contributed by atoms with Gasteiger partial charge >= 0.3 is 0 Å². The van der Waals surface area contributed by atoms with E-state index in [2.05, 4.69) is 10.3 Å². The SMILES string of the molecule is O=C(Cc1csc(-c2cccc(F)c2)n1)N1CCC(NCC2CC2)CC1. The zero-order chi connectivity index (χ0) is 17.9. The van der Waals surface area contributed by atoms with E-state index < -0.39 is 0 Å². The monoisotopic (exact) mass is 373 g/mol. The van der Waals surface area contributed by atoms with Crippen molar-refractivity contribution in [2.45, 2.75) is 38.1 Å². The van der Waals surface area contributed by atoms with Gasteiger partial charge in [0, 0.05) is 30.1 Å². The molecule has 2 aromatic rings. The van der Waals surface area contributed by atoms with Crippen molar-refractivity contribution in [2.24, 2.45) is 5.92 Å². The highest BCUT2D eigenvalue weighted by atomic mass is 32.1. The molecule has 0 spiro atoms. The Hall–Kier alpha value is -1.79. The van der Waals surface area contributed by atoms with Crippen LogP contribution in [0, 0.1) is 11.7 Å². The van der Waals surface area contributed by atoms with Crippen LogP contribution >= 0.6 is 11.3 Å². The summed E-state index contributed by atoms with van der Waals surface area (Å²) in [7, 11) is 0. The van der Waals surface area contributed by atoms with E-state index in [1.54, 1.807) is 6.07 Å². The Kier molecular flexibility index (Phi) is 5.31. The van der Waals surface area contributed by atoms with E-state index in [4.69, 9.17) is 0 Å². The Labute approximate surface area is 157 Å². The summed E-state index contributed by atoms with van der Waals surface area (Å²) < 4.78 is 13.4. The van der Waals surface area contributed by atoms with Crippen LogP contribution in [0.5, 0.6) is 0 Å². The van der Waals surface area contributed by atoms with Gasteiger partial charge in [-0.1, -0.05) is 12.1 Å². The predicted octanol–water partition coefficient (Wildman–Crippen LogP) is 3.48. The molecule has 1 aliphatic carbocycles. The third-order valence-corrected chi connectivity index (χ3v) is 6.14. The first-order valence-corrected chi connectivity index (χ1v) is 10.3. The Morgan fingerprint density at radius 1 is 1.27 bits per heavy atom. The average molecular weight is 373 g/mol. The molecule has 2 fully saturated rings. The van der Waals surface area contributed by atoms with Crippen molar-refractivity contribution in [1.82, 2.24) is 15.2 Å². The maximum Gasteiger partial charge on any atom is 0.228 e. The Morgan fingerprint density at radius 2 is 2.08 bits per heavy atom. The number of piperidine rings is 1. The van der Waals surface area contributed by atoms with Crippen molar-refractivity contribution in [3.63, 3.8) is 0 Å². The van der Waals surface area contributed by atoms with Crippen molar-refractivity contribution < 1.29 is 9.18 Å². The van der Waals surface area contributed by atoms with Crippen LogP contribution in [0.15, 0.2) is 29.6 Å². The molecule has 0 unspecified atom stereocenters. The first-order valence-electron chi connectivity index (χ1n) is 9.39. The molecule has 138 valence electrons. The Morgan fingerprint density at radius 3 is 2.81 bits per heavy atom. The maximum atomic E-state index is 13.4. The van der Waals surface area contributed by atoms with Crippen molar-refractivity contribution >= 4 is 17.2 Å². The minimum Gasteiger partial charge on any atom is -0.342 e. The van der Waals surface area contributed by atoms with Crippen LogP contribution in [-0.2, 0) is 11.2 Å². The molecule has 1 amide bonds. The summed E-state index contributed by atoms with van der Waals surface area (Å²) in [6.07, 6.45) is 5.13. The topological polar surface area (TPSA) is 45.2 Å². The van der Waals surface area contributed by atoms with Gasteiger partial charge < -0.3 is 10.2 Å². The summed E-state index contributed by atoms with van der Waals surface area (Å²) in [4.78, 5) is 19.0. The summed E-state index contributed by atoms with van der Waals surface area (Å²) in [5, 5.41) is 6.30. The smallest absolute Gasteiger partial charge is 0.228 e. The largest absolute Gasteiger partial charge is 0.342 e. The molecule has 26 heavy (non-hydrogen) atoms. The lowest BCUT2D eigenvalue weighted by molar-refractivity contribution is -0.131. The summed E-state index contributed by atoms with van der Waals surface area (Å²) in [6, 6.07) is 6.97. The molecule has 4 rings (SSSR count).